The number of nitrogens with zero attached hydrogens (tertiary/aromatic N) is 2. The molecule has 7 nitrogen and oxygen atoms in total. The molecule has 0 aliphatic rings. The molecule has 2 unspecified atom stereocenters. The Morgan fingerprint density at radius 3 is 2.68 bits per heavy atom. The second-order valence-corrected chi connectivity index (χ2v) is 7.26. The first-order chi connectivity index (χ1) is 8.68. The standard InChI is InChI=1S/C11H21N3O4S/c1-5-6-17-7-11(3,12)10-13-9(18-14-10)8(2)19(4,15)16/h8H,5-7,12H2,1-4H3. The highest BCUT2D eigenvalue weighted by atomic mass is 32.2. The van der Waals surface area contributed by atoms with Gasteiger partial charge in [0.15, 0.2) is 15.7 Å². The largest absolute Gasteiger partial charge is 0.379 e. The van der Waals surface area contributed by atoms with E-state index in [-0.39, 0.29) is 18.3 Å². The molecule has 0 bridgehead atoms. The zero-order valence-corrected chi connectivity index (χ0v) is 12.5. The van der Waals surface area contributed by atoms with E-state index in [0.29, 0.717) is 6.61 Å². The minimum Gasteiger partial charge on any atom is -0.379 e. The highest BCUT2D eigenvalue weighted by Crippen LogP contribution is 2.22. The summed E-state index contributed by atoms with van der Waals surface area (Å²) in [6.07, 6.45) is 2.01. The van der Waals surface area contributed by atoms with E-state index < -0.39 is 20.6 Å². The van der Waals surface area contributed by atoms with Crippen molar-refractivity contribution in [3.8, 4) is 0 Å². The van der Waals surface area contributed by atoms with Gasteiger partial charge in [0.2, 0.25) is 5.89 Å². The van der Waals surface area contributed by atoms with Gasteiger partial charge in [0.05, 0.1) is 6.61 Å². The number of hydrogen-bond acceptors (Lipinski definition) is 7. The number of rotatable bonds is 7. The van der Waals surface area contributed by atoms with Gasteiger partial charge in [-0.15, -0.1) is 0 Å². The molecule has 0 aromatic carbocycles. The molecule has 2 atom stereocenters. The summed E-state index contributed by atoms with van der Waals surface area (Å²) in [5.41, 5.74) is 5.13. The van der Waals surface area contributed by atoms with Gasteiger partial charge in [-0.3, -0.25) is 0 Å². The lowest BCUT2D eigenvalue weighted by molar-refractivity contribution is 0.0867. The van der Waals surface area contributed by atoms with Crippen molar-refractivity contribution < 1.29 is 17.7 Å². The molecule has 0 saturated carbocycles. The molecule has 0 aliphatic heterocycles. The molecule has 1 heterocycles. The van der Waals surface area contributed by atoms with Gasteiger partial charge >= 0.3 is 0 Å². The summed E-state index contributed by atoms with van der Waals surface area (Å²) in [4.78, 5) is 4.07. The Hall–Kier alpha value is -0.990. The van der Waals surface area contributed by atoms with Crippen LogP contribution in [0.25, 0.3) is 0 Å². The van der Waals surface area contributed by atoms with Gasteiger partial charge in [0.25, 0.3) is 0 Å². The molecule has 0 radical (unpaired) electrons. The molecule has 2 N–H and O–H groups in total. The molecular formula is C11H21N3O4S. The lowest BCUT2D eigenvalue weighted by Crippen LogP contribution is -2.39. The molecular weight excluding hydrogens is 270 g/mol. The van der Waals surface area contributed by atoms with Crippen LogP contribution in [0.4, 0.5) is 0 Å². The molecule has 8 heteroatoms. The first-order valence-corrected chi connectivity index (χ1v) is 8.03. The van der Waals surface area contributed by atoms with Crippen LogP contribution in [-0.2, 0) is 20.1 Å². The smallest absolute Gasteiger partial charge is 0.244 e. The van der Waals surface area contributed by atoms with Gasteiger partial charge in [-0.1, -0.05) is 12.1 Å². The van der Waals surface area contributed by atoms with Crippen LogP contribution in [0.15, 0.2) is 4.52 Å². The van der Waals surface area contributed by atoms with Gasteiger partial charge in [0.1, 0.15) is 10.8 Å². The third kappa shape index (κ3) is 4.26. The molecule has 1 aromatic rings. The SMILES string of the molecule is CCCOCC(C)(N)c1noc(C(C)S(C)(=O)=O)n1. The van der Waals surface area contributed by atoms with Crippen molar-refractivity contribution in [1.82, 2.24) is 10.1 Å². The normalized spacial score (nSPS) is 17.1. The maximum atomic E-state index is 11.4. The average Bonchev–Trinajstić information content (AvgIpc) is 2.76. The summed E-state index contributed by atoms with van der Waals surface area (Å²) in [7, 11) is -3.28. The van der Waals surface area contributed by atoms with Crippen molar-refractivity contribution in [2.24, 2.45) is 5.73 Å². The topological polar surface area (TPSA) is 108 Å². The number of ether oxygens (including phenoxy) is 1. The van der Waals surface area contributed by atoms with Crippen LogP contribution < -0.4 is 5.73 Å². The fraction of sp³-hybridized carbons (Fsp3) is 0.818. The van der Waals surface area contributed by atoms with E-state index in [4.69, 9.17) is 15.0 Å². The first-order valence-electron chi connectivity index (χ1n) is 6.08. The Bertz CT molecular complexity index is 510. The zero-order valence-electron chi connectivity index (χ0n) is 11.7. The van der Waals surface area contributed by atoms with Crippen molar-refractivity contribution in [2.75, 3.05) is 19.5 Å². The van der Waals surface area contributed by atoms with Crippen molar-refractivity contribution in [1.29, 1.82) is 0 Å². The summed E-state index contributed by atoms with van der Waals surface area (Å²) >= 11 is 0. The molecule has 1 aromatic heterocycles. The van der Waals surface area contributed by atoms with Crippen LogP contribution in [0.3, 0.4) is 0 Å². The Morgan fingerprint density at radius 2 is 2.16 bits per heavy atom. The Kier molecular flexibility index (Phi) is 5.05. The summed E-state index contributed by atoms with van der Waals surface area (Å²) in [6.45, 7) is 6.04. The molecule has 1 rings (SSSR count). The fourth-order valence-corrected chi connectivity index (χ4v) is 1.77. The minimum absolute atomic E-state index is 0.0460. The van der Waals surface area contributed by atoms with Gasteiger partial charge in [0, 0.05) is 12.9 Å². The van der Waals surface area contributed by atoms with Gasteiger partial charge < -0.3 is 15.0 Å². The van der Waals surface area contributed by atoms with Crippen LogP contribution in [0.5, 0.6) is 0 Å². The zero-order chi connectivity index (χ0) is 14.7. The van der Waals surface area contributed by atoms with E-state index in [1.54, 1.807) is 6.92 Å². The molecule has 0 fully saturated rings. The second-order valence-electron chi connectivity index (χ2n) is 4.90. The molecule has 19 heavy (non-hydrogen) atoms. The molecule has 0 spiro atoms. The lowest BCUT2D eigenvalue weighted by atomic mass is 10.1. The summed E-state index contributed by atoms with van der Waals surface area (Å²) < 4.78 is 33.2. The summed E-state index contributed by atoms with van der Waals surface area (Å²) in [5.74, 6) is 0.291. The number of aromatic nitrogens is 2. The van der Waals surface area contributed by atoms with Gasteiger partial charge in [-0.2, -0.15) is 4.98 Å². The van der Waals surface area contributed by atoms with Crippen LogP contribution >= 0.6 is 0 Å². The maximum Gasteiger partial charge on any atom is 0.244 e. The first kappa shape index (κ1) is 16.1. The van der Waals surface area contributed by atoms with Crippen molar-refractivity contribution >= 4 is 9.84 Å². The molecule has 110 valence electrons. The lowest BCUT2D eigenvalue weighted by Gasteiger charge is -2.19. The second kappa shape index (κ2) is 5.98. The predicted molar refractivity (Wildman–Crippen MR) is 70.2 cm³/mol. The predicted octanol–water partition coefficient (Wildman–Crippen LogP) is 0.776. The number of sulfone groups is 1. The van der Waals surface area contributed by atoms with Crippen molar-refractivity contribution in [3.63, 3.8) is 0 Å². The van der Waals surface area contributed by atoms with Gasteiger partial charge in [-0.05, 0) is 20.3 Å². The van der Waals surface area contributed by atoms with E-state index in [9.17, 15) is 8.42 Å². The van der Waals surface area contributed by atoms with Gasteiger partial charge in [-0.25, -0.2) is 8.42 Å². The van der Waals surface area contributed by atoms with E-state index in [1.807, 2.05) is 6.92 Å². The Morgan fingerprint density at radius 1 is 1.53 bits per heavy atom. The van der Waals surface area contributed by atoms with Crippen molar-refractivity contribution in [2.45, 2.75) is 38.0 Å². The highest BCUT2D eigenvalue weighted by molar-refractivity contribution is 7.90. The minimum atomic E-state index is -3.28. The third-order valence-electron chi connectivity index (χ3n) is 2.69. The maximum absolute atomic E-state index is 11.4. The summed E-state index contributed by atoms with van der Waals surface area (Å²) in [5, 5.41) is 2.90. The summed E-state index contributed by atoms with van der Waals surface area (Å²) in [6, 6.07) is 0. The van der Waals surface area contributed by atoms with E-state index in [0.717, 1.165) is 12.7 Å². The molecule has 0 saturated heterocycles. The Balaban J connectivity index is 2.84. The highest BCUT2D eigenvalue weighted by Gasteiger charge is 2.31. The monoisotopic (exact) mass is 291 g/mol. The van der Waals surface area contributed by atoms with Crippen molar-refractivity contribution in [3.05, 3.63) is 11.7 Å². The quantitative estimate of drug-likeness (QED) is 0.739. The molecule has 0 amide bonds. The van der Waals surface area contributed by atoms with Crippen LogP contribution in [-0.4, -0.2) is 38.0 Å². The average molecular weight is 291 g/mol. The molecule has 0 aliphatic carbocycles. The number of hydrogen-bond donors (Lipinski definition) is 1. The van der Waals surface area contributed by atoms with E-state index in [1.165, 1.54) is 6.92 Å². The van der Waals surface area contributed by atoms with E-state index in [2.05, 4.69) is 10.1 Å². The number of nitrogens with two attached hydrogens (primary N) is 1. The Labute approximate surface area is 113 Å². The fourth-order valence-electron chi connectivity index (χ4n) is 1.31. The van der Waals surface area contributed by atoms with E-state index >= 15 is 0 Å². The third-order valence-corrected chi connectivity index (χ3v) is 4.18. The van der Waals surface area contributed by atoms with Crippen LogP contribution in [0.1, 0.15) is 44.2 Å². The van der Waals surface area contributed by atoms with Crippen LogP contribution in [0.2, 0.25) is 0 Å². The van der Waals surface area contributed by atoms with Crippen LogP contribution in [0, 0.1) is 0 Å².